The van der Waals surface area contributed by atoms with Crippen LogP contribution in [0.15, 0.2) is 36.4 Å². The predicted molar refractivity (Wildman–Crippen MR) is 82.1 cm³/mol. The summed E-state index contributed by atoms with van der Waals surface area (Å²) in [5, 5.41) is 0.607. The molecule has 1 heterocycles. The van der Waals surface area contributed by atoms with Crippen molar-refractivity contribution in [3.8, 4) is 5.75 Å². The van der Waals surface area contributed by atoms with Crippen LogP contribution in [-0.2, 0) is 13.0 Å². The molecule has 0 aliphatic rings. The number of halogens is 1. The van der Waals surface area contributed by atoms with Crippen LogP contribution in [-0.4, -0.2) is 11.0 Å². The third-order valence-electron chi connectivity index (χ3n) is 2.88. The second-order valence-electron chi connectivity index (χ2n) is 5.01. The summed E-state index contributed by atoms with van der Waals surface area (Å²) in [6.07, 6.45) is 0.805. The van der Waals surface area contributed by atoms with E-state index in [1.807, 2.05) is 50.2 Å². The maximum atomic E-state index is 6.22. The van der Waals surface area contributed by atoms with Crippen LogP contribution < -0.4 is 10.5 Å². The molecule has 106 valence electrons. The topological polar surface area (TPSA) is 48.1 Å². The first-order valence-corrected chi connectivity index (χ1v) is 7.02. The average Bonchev–Trinajstić information content (AvgIpc) is 2.37. The van der Waals surface area contributed by atoms with Gasteiger partial charge in [0.1, 0.15) is 12.4 Å². The first-order chi connectivity index (χ1) is 9.54. The lowest BCUT2D eigenvalue weighted by Gasteiger charge is -2.10. The second kappa shape index (κ2) is 6.73. The zero-order valence-electron chi connectivity index (χ0n) is 11.8. The van der Waals surface area contributed by atoms with E-state index in [0.29, 0.717) is 17.4 Å². The number of hydrogen-bond acceptors (Lipinski definition) is 3. The highest BCUT2D eigenvalue weighted by atomic mass is 35.5. The molecule has 0 saturated carbocycles. The van der Waals surface area contributed by atoms with Gasteiger partial charge in [-0.15, -0.1) is 0 Å². The minimum Gasteiger partial charge on any atom is -0.486 e. The average molecular weight is 291 g/mol. The van der Waals surface area contributed by atoms with Crippen molar-refractivity contribution in [2.75, 3.05) is 0 Å². The van der Waals surface area contributed by atoms with Crippen molar-refractivity contribution in [1.82, 2.24) is 4.98 Å². The second-order valence-corrected chi connectivity index (χ2v) is 5.41. The van der Waals surface area contributed by atoms with Crippen molar-refractivity contribution < 1.29 is 4.74 Å². The molecule has 2 N–H and O–H groups in total. The molecule has 1 aromatic heterocycles. The lowest BCUT2D eigenvalue weighted by Crippen LogP contribution is -2.17. The van der Waals surface area contributed by atoms with Crippen LogP contribution in [0.5, 0.6) is 5.75 Å². The number of hydrogen-bond donors (Lipinski definition) is 1. The summed E-state index contributed by atoms with van der Waals surface area (Å²) in [5.41, 5.74) is 8.76. The smallest absolute Gasteiger partial charge is 0.138 e. The van der Waals surface area contributed by atoms with Gasteiger partial charge in [0.25, 0.3) is 0 Å². The highest BCUT2D eigenvalue weighted by Crippen LogP contribution is 2.26. The Morgan fingerprint density at radius 1 is 1.30 bits per heavy atom. The van der Waals surface area contributed by atoms with Gasteiger partial charge in [-0.2, -0.15) is 0 Å². The van der Waals surface area contributed by atoms with Gasteiger partial charge in [0, 0.05) is 11.7 Å². The monoisotopic (exact) mass is 290 g/mol. The van der Waals surface area contributed by atoms with Gasteiger partial charge in [-0.1, -0.05) is 23.7 Å². The third kappa shape index (κ3) is 4.22. The number of rotatable bonds is 5. The Hall–Kier alpha value is -1.58. The van der Waals surface area contributed by atoms with Crippen molar-refractivity contribution in [3.63, 3.8) is 0 Å². The minimum atomic E-state index is 0.120. The van der Waals surface area contributed by atoms with E-state index in [0.717, 1.165) is 23.4 Å². The summed E-state index contributed by atoms with van der Waals surface area (Å²) >= 11 is 6.22. The molecule has 0 fully saturated rings. The van der Waals surface area contributed by atoms with Gasteiger partial charge in [0.05, 0.1) is 10.7 Å². The molecule has 2 aromatic rings. The number of nitrogens with zero attached hydrogens (tertiary/aromatic N) is 1. The van der Waals surface area contributed by atoms with E-state index in [4.69, 9.17) is 22.1 Å². The normalized spacial score (nSPS) is 12.2. The summed E-state index contributed by atoms with van der Waals surface area (Å²) in [4.78, 5) is 4.39. The summed E-state index contributed by atoms with van der Waals surface area (Å²) in [7, 11) is 0. The molecule has 0 saturated heterocycles. The van der Waals surface area contributed by atoms with Gasteiger partial charge in [-0.05, 0) is 50.1 Å². The van der Waals surface area contributed by atoms with Gasteiger partial charge in [-0.25, -0.2) is 0 Å². The van der Waals surface area contributed by atoms with E-state index >= 15 is 0 Å². The molecule has 1 aromatic carbocycles. The predicted octanol–water partition coefficient (Wildman–Crippen LogP) is 3.51. The van der Waals surface area contributed by atoms with Crippen LogP contribution >= 0.6 is 11.6 Å². The summed E-state index contributed by atoms with van der Waals surface area (Å²) in [6, 6.07) is 11.8. The molecule has 3 nitrogen and oxygen atoms in total. The Morgan fingerprint density at radius 2 is 2.10 bits per heavy atom. The van der Waals surface area contributed by atoms with E-state index in [1.54, 1.807) is 0 Å². The number of nitrogens with two attached hydrogens (primary N) is 1. The Bertz CT molecular complexity index is 584. The summed E-state index contributed by atoms with van der Waals surface area (Å²) < 4.78 is 5.71. The van der Waals surface area contributed by atoms with Crippen molar-refractivity contribution >= 4 is 11.6 Å². The quantitative estimate of drug-likeness (QED) is 0.916. The molecule has 0 spiro atoms. The van der Waals surface area contributed by atoms with Crippen LogP contribution in [0.3, 0.4) is 0 Å². The fourth-order valence-electron chi connectivity index (χ4n) is 1.99. The molecule has 0 aliphatic carbocycles. The Labute approximate surface area is 124 Å². The number of pyridine rings is 1. The standard InChI is InChI=1S/C16H19ClN2O/c1-11(18)8-13-6-7-16(15(17)9-13)20-10-14-5-3-4-12(2)19-14/h3-7,9,11H,8,10,18H2,1-2H3. The number of aryl methyl sites for hydroxylation is 1. The molecule has 0 amide bonds. The minimum absolute atomic E-state index is 0.120. The molecule has 0 aliphatic heterocycles. The molecule has 1 atom stereocenters. The zero-order valence-corrected chi connectivity index (χ0v) is 12.5. The van der Waals surface area contributed by atoms with E-state index < -0.39 is 0 Å². The van der Waals surface area contributed by atoms with Gasteiger partial charge < -0.3 is 10.5 Å². The van der Waals surface area contributed by atoms with E-state index in [-0.39, 0.29) is 6.04 Å². The SMILES string of the molecule is Cc1cccc(COc2ccc(CC(C)N)cc2Cl)n1. The maximum Gasteiger partial charge on any atom is 0.138 e. The van der Waals surface area contributed by atoms with Crippen molar-refractivity contribution in [1.29, 1.82) is 0 Å². The van der Waals surface area contributed by atoms with E-state index in [9.17, 15) is 0 Å². The third-order valence-corrected chi connectivity index (χ3v) is 3.17. The Morgan fingerprint density at radius 3 is 2.75 bits per heavy atom. The molecule has 4 heteroatoms. The molecule has 0 radical (unpaired) electrons. The fraction of sp³-hybridized carbons (Fsp3) is 0.312. The van der Waals surface area contributed by atoms with E-state index in [2.05, 4.69) is 4.98 Å². The largest absolute Gasteiger partial charge is 0.486 e. The van der Waals surface area contributed by atoms with Crippen LogP contribution in [0.2, 0.25) is 5.02 Å². The van der Waals surface area contributed by atoms with Gasteiger partial charge in [-0.3, -0.25) is 4.98 Å². The highest BCUT2D eigenvalue weighted by Gasteiger charge is 2.06. The Kier molecular flexibility index (Phi) is 4.99. The molecular formula is C16H19ClN2O. The highest BCUT2D eigenvalue weighted by molar-refractivity contribution is 6.32. The number of aromatic nitrogens is 1. The molecular weight excluding hydrogens is 272 g/mol. The Balaban J connectivity index is 2.03. The summed E-state index contributed by atoms with van der Waals surface area (Å²) in [5.74, 6) is 0.670. The lowest BCUT2D eigenvalue weighted by molar-refractivity contribution is 0.301. The summed E-state index contributed by atoms with van der Waals surface area (Å²) in [6.45, 7) is 4.34. The van der Waals surface area contributed by atoms with Gasteiger partial charge in [0.15, 0.2) is 0 Å². The first kappa shape index (κ1) is 14.8. The van der Waals surface area contributed by atoms with Crippen molar-refractivity contribution in [2.45, 2.75) is 32.9 Å². The molecule has 2 rings (SSSR count). The van der Waals surface area contributed by atoms with Gasteiger partial charge in [0.2, 0.25) is 0 Å². The van der Waals surface area contributed by atoms with Crippen LogP contribution in [0, 0.1) is 6.92 Å². The molecule has 20 heavy (non-hydrogen) atoms. The zero-order chi connectivity index (χ0) is 14.5. The fourth-order valence-corrected chi connectivity index (χ4v) is 2.25. The van der Waals surface area contributed by atoms with E-state index in [1.165, 1.54) is 0 Å². The number of benzene rings is 1. The van der Waals surface area contributed by atoms with Crippen LogP contribution in [0.25, 0.3) is 0 Å². The van der Waals surface area contributed by atoms with Crippen LogP contribution in [0.4, 0.5) is 0 Å². The van der Waals surface area contributed by atoms with Crippen molar-refractivity contribution in [2.24, 2.45) is 5.73 Å². The lowest BCUT2D eigenvalue weighted by atomic mass is 10.1. The maximum absolute atomic E-state index is 6.22. The first-order valence-electron chi connectivity index (χ1n) is 6.64. The van der Waals surface area contributed by atoms with Crippen LogP contribution in [0.1, 0.15) is 23.9 Å². The molecule has 1 unspecified atom stereocenters. The van der Waals surface area contributed by atoms with Crippen molar-refractivity contribution in [3.05, 3.63) is 58.4 Å². The molecule has 0 bridgehead atoms. The number of ether oxygens (including phenoxy) is 1. The van der Waals surface area contributed by atoms with Gasteiger partial charge >= 0.3 is 0 Å².